The molecule has 10 heteroatoms. The number of carbonyl (C=O) groups is 3. The SMILES string of the molecule is Cc1nc(N2CCN(C(=O)CCC3(C4CC4)NC(=O)NC3=O)CC2)no1. The molecule has 1 aliphatic carbocycles. The Morgan fingerprint density at radius 3 is 2.54 bits per heavy atom. The molecule has 26 heavy (non-hydrogen) atoms. The van der Waals surface area contributed by atoms with Crippen molar-refractivity contribution in [3.63, 3.8) is 0 Å². The average molecular weight is 362 g/mol. The van der Waals surface area contributed by atoms with Crippen molar-refractivity contribution < 1.29 is 18.9 Å². The molecule has 2 aliphatic heterocycles. The van der Waals surface area contributed by atoms with Crippen LogP contribution in [0.4, 0.5) is 10.7 Å². The van der Waals surface area contributed by atoms with Crippen molar-refractivity contribution >= 4 is 23.8 Å². The molecule has 10 nitrogen and oxygen atoms in total. The zero-order valence-corrected chi connectivity index (χ0v) is 14.7. The van der Waals surface area contributed by atoms with Crippen molar-refractivity contribution in [2.45, 2.75) is 38.1 Å². The van der Waals surface area contributed by atoms with E-state index in [-0.39, 0.29) is 24.2 Å². The lowest BCUT2D eigenvalue weighted by atomic mass is 9.87. The molecule has 1 saturated carbocycles. The summed E-state index contributed by atoms with van der Waals surface area (Å²) in [4.78, 5) is 44.4. The lowest BCUT2D eigenvalue weighted by Crippen LogP contribution is -2.52. The summed E-state index contributed by atoms with van der Waals surface area (Å²) in [5.74, 6) is 0.909. The van der Waals surface area contributed by atoms with E-state index in [4.69, 9.17) is 4.52 Å². The topological polar surface area (TPSA) is 121 Å². The highest BCUT2D eigenvalue weighted by molar-refractivity contribution is 6.07. The number of rotatable bonds is 5. The summed E-state index contributed by atoms with van der Waals surface area (Å²) in [5.41, 5.74) is -0.906. The van der Waals surface area contributed by atoms with Crippen LogP contribution in [0.15, 0.2) is 4.52 Å². The number of imide groups is 1. The maximum absolute atomic E-state index is 12.6. The first-order valence-electron chi connectivity index (χ1n) is 8.94. The van der Waals surface area contributed by atoms with E-state index in [0.29, 0.717) is 44.4 Å². The summed E-state index contributed by atoms with van der Waals surface area (Å²) in [7, 11) is 0. The summed E-state index contributed by atoms with van der Waals surface area (Å²) in [6.45, 7) is 4.15. The molecular weight excluding hydrogens is 340 g/mol. The van der Waals surface area contributed by atoms with Gasteiger partial charge in [-0.1, -0.05) is 0 Å². The van der Waals surface area contributed by atoms with Crippen LogP contribution < -0.4 is 15.5 Å². The van der Waals surface area contributed by atoms with Gasteiger partial charge in [0.2, 0.25) is 11.8 Å². The Bertz CT molecular complexity index is 737. The summed E-state index contributed by atoms with van der Waals surface area (Å²) in [6.07, 6.45) is 2.40. The van der Waals surface area contributed by atoms with Gasteiger partial charge in [-0.2, -0.15) is 4.98 Å². The molecule has 140 valence electrons. The van der Waals surface area contributed by atoms with Crippen LogP contribution in [-0.4, -0.2) is 64.6 Å². The molecule has 1 aromatic rings. The lowest BCUT2D eigenvalue weighted by Gasteiger charge is -2.34. The standard InChI is InChI=1S/C16H22N6O4/c1-10-17-14(20-26-10)22-8-6-21(7-9-22)12(23)4-5-16(11-2-3-11)13(24)18-15(25)19-16/h11H,2-9H2,1H3,(H2,18,19,24,25). The highest BCUT2D eigenvalue weighted by Crippen LogP contribution is 2.43. The van der Waals surface area contributed by atoms with Crippen LogP contribution in [0.3, 0.4) is 0 Å². The number of aryl methyl sites for hydroxylation is 1. The van der Waals surface area contributed by atoms with Crippen molar-refractivity contribution in [3.8, 4) is 0 Å². The predicted octanol–water partition coefficient (Wildman–Crippen LogP) is -0.205. The Morgan fingerprint density at radius 1 is 1.27 bits per heavy atom. The van der Waals surface area contributed by atoms with Gasteiger partial charge in [0.15, 0.2) is 0 Å². The van der Waals surface area contributed by atoms with Gasteiger partial charge >= 0.3 is 6.03 Å². The summed E-state index contributed by atoms with van der Waals surface area (Å²) in [6, 6.07) is -0.460. The van der Waals surface area contributed by atoms with Crippen molar-refractivity contribution in [3.05, 3.63) is 5.89 Å². The largest absolute Gasteiger partial charge is 0.339 e. The second-order valence-electron chi connectivity index (χ2n) is 7.14. The third-order valence-electron chi connectivity index (χ3n) is 5.41. The Kier molecular flexibility index (Phi) is 4.04. The molecule has 3 fully saturated rings. The van der Waals surface area contributed by atoms with Crippen molar-refractivity contribution in [2.24, 2.45) is 5.92 Å². The van der Waals surface area contributed by atoms with Crippen LogP contribution in [0.1, 0.15) is 31.6 Å². The number of nitrogens with one attached hydrogen (secondary N) is 2. The number of piperazine rings is 1. The molecule has 2 saturated heterocycles. The van der Waals surface area contributed by atoms with Crippen LogP contribution in [0.2, 0.25) is 0 Å². The number of amides is 4. The Balaban J connectivity index is 1.31. The van der Waals surface area contributed by atoms with Gasteiger partial charge in [0.25, 0.3) is 11.9 Å². The molecule has 3 aliphatic rings. The van der Waals surface area contributed by atoms with Crippen molar-refractivity contribution in [1.82, 2.24) is 25.7 Å². The first kappa shape index (κ1) is 16.8. The molecular formula is C16H22N6O4. The molecule has 1 atom stereocenters. The highest BCUT2D eigenvalue weighted by atomic mass is 16.5. The normalized spacial score (nSPS) is 26.0. The first-order valence-corrected chi connectivity index (χ1v) is 8.94. The molecule has 3 heterocycles. The van der Waals surface area contributed by atoms with Gasteiger partial charge in [-0.15, -0.1) is 0 Å². The van der Waals surface area contributed by atoms with E-state index in [1.165, 1.54) is 0 Å². The summed E-state index contributed by atoms with van der Waals surface area (Å²) >= 11 is 0. The van der Waals surface area contributed by atoms with Gasteiger partial charge in [-0.25, -0.2) is 4.79 Å². The molecule has 2 N–H and O–H groups in total. The van der Waals surface area contributed by atoms with E-state index in [2.05, 4.69) is 20.8 Å². The van der Waals surface area contributed by atoms with Crippen molar-refractivity contribution in [1.29, 1.82) is 0 Å². The third kappa shape index (κ3) is 2.99. The first-order chi connectivity index (χ1) is 12.5. The molecule has 4 amide bonds. The monoisotopic (exact) mass is 362 g/mol. The quantitative estimate of drug-likeness (QED) is 0.696. The fourth-order valence-electron chi connectivity index (χ4n) is 3.78. The number of carbonyl (C=O) groups excluding carboxylic acids is 3. The predicted molar refractivity (Wildman–Crippen MR) is 89.2 cm³/mol. The molecule has 0 bridgehead atoms. The van der Waals surface area contributed by atoms with E-state index < -0.39 is 11.6 Å². The zero-order valence-electron chi connectivity index (χ0n) is 14.7. The van der Waals surface area contributed by atoms with Crippen LogP contribution in [0, 0.1) is 12.8 Å². The van der Waals surface area contributed by atoms with Crippen LogP contribution in [-0.2, 0) is 9.59 Å². The van der Waals surface area contributed by atoms with Crippen molar-refractivity contribution in [2.75, 3.05) is 31.1 Å². The van der Waals surface area contributed by atoms with Gasteiger partial charge in [-0.3, -0.25) is 14.9 Å². The van der Waals surface area contributed by atoms with E-state index >= 15 is 0 Å². The number of hydrogen-bond donors (Lipinski definition) is 2. The number of hydrogen-bond acceptors (Lipinski definition) is 7. The molecule has 0 radical (unpaired) electrons. The van der Waals surface area contributed by atoms with E-state index in [9.17, 15) is 14.4 Å². The minimum Gasteiger partial charge on any atom is -0.339 e. The highest BCUT2D eigenvalue weighted by Gasteiger charge is 2.55. The number of nitrogens with zero attached hydrogens (tertiary/aromatic N) is 4. The van der Waals surface area contributed by atoms with Crippen LogP contribution in [0.25, 0.3) is 0 Å². The molecule has 4 rings (SSSR count). The Morgan fingerprint density at radius 2 is 2.00 bits per heavy atom. The number of aromatic nitrogens is 2. The van der Waals surface area contributed by atoms with Crippen LogP contribution in [0.5, 0.6) is 0 Å². The summed E-state index contributed by atoms with van der Waals surface area (Å²) < 4.78 is 4.99. The number of urea groups is 1. The van der Waals surface area contributed by atoms with E-state index in [0.717, 1.165) is 12.8 Å². The molecule has 1 unspecified atom stereocenters. The maximum Gasteiger partial charge on any atom is 0.322 e. The Labute approximate surface area is 150 Å². The Hall–Kier alpha value is -2.65. The fourth-order valence-corrected chi connectivity index (χ4v) is 3.78. The van der Waals surface area contributed by atoms with Gasteiger partial charge in [0, 0.05) is 39.5 Å². The molecule has 1 aromatic heterocycles. The summed E-state index contributed by atoms with van der Waals surface area (Å²) in [5, 5.41) is 8.98. The van der Waals surface area contributed by atoms with Gasteiger partial charge in [0.1, 0.15) is 5.54 Å². The smallest absolute Gasteiger partial charge is 0.322 e. The third-order valence-corrected chi connectivity index (χ3v) is 5.41. The second-order valence-corrected chi connectivity index (χ2v) is 7.14. The number of anilines is 1. The van der Waals surface area contributed by atoms with Gasteiger partial charge < -0.3 is 19.6 Å². The maximum atomic E-state index is 12.6. The van der Waals surface area contributed by atoms with E-state index in [1.54, 1.807) is 11.8 Å². The second kappa shape index (κ2) is 6.26. The lowest BCUT2D eigenvalue weighted by molar-refractivity contribution is -0.132. The molecule has 0 aromatic carbocycles. The van der Waals surface area contributed by atoms with Gasteiger partial charge in [0.05, 0.1) is 0 Å². The minimum atomic E-state index is -0.906. The van der Waals surface area contributed by atoms with E-state index in [1.807, 2.05) is 4.90 Å². The molecule has 0 spiro atoms. The zero-order chi connectivity index (χ0) is 18.3. The minimum absolute atomic E-state index is 0.00270. The van der Waals surface area contributed by atoms with Gasteiger partial charge in [-0.05, 0) is 30.3 Å². The average Bonchev–Trinajstić information content (AvgIpc) is 3.33. The van der Waals surface area contributed by atoms with Crippen LogP contribution >= 0.6 is 0 Å². The fraction of sp³-hybridized carbons (Fsp3) is 0.688.